The van der Waals surface area contributed by atoms with Crippen molar-refractivity contribution in [2.45, 2.75) is 12.1 Å². The van der Waals surface area contributed by atoms with Gasteiger partial charge in [0.15, 0.2) is 11.0 Å². The first-order valence-electron chi connectivity index (χ1n) is 9.99. The molecule has 33 heavy (non-hydrogen) atoms. The van der Waals surface area contributed by atoms with Crippen LogP contribution in [0.15, 0.2) is 71.9 Å². The summed E-state index contributed by atoms with van der Waals surface area (Å²) >= 11 is 13.4. The van der Waals surface area contributed by atoms with E-state index in [1.165, 1.54) is 11.8 Å². The first-order chi connectivity index (χ1) is 15.9. The van der Waals surface area contributed by atoms with Gasteiger partial charge in [-0.15, -0.1) is 10.2 Å². The Balaban J connectivity index is 1.61. The van der Waals surface area contributed by atoms with Crippen molar-refractivity contribution < 1.29 is 9.53 Å². The summed E-state index contributed by atoms with van der Waals surface area (Å²) in [6.07, 6.45) is 0. The highest BCUT2D eigenvalue weighted by Gasteiger charge is 2.18. The molecule has 0 fully saturated rings. The molecule has 0 spiro atoms. The minimum atomic E-state index is -0.231. The monoisotopic (exact) mass is 498 g/mol. The number of nitrogens with zero attached hydrogens (tertiary/aromatic N) is 3. The summed E-state index contributed by atoms with van der Waals surface area (Å²) in [6.45, 7) is 2.03. The highest BCUT2D eigenvalue weighted by atomic mass is 35.5. The Morgan fingerprint density at radius 2 is 1.76 bits per heavy atom. The Bertz CT molecular complexity index is 1270. The number of methoxy groups -OCH3 is 1. The van der Waals surface area contributed by atoms with E-state index in [4.69, 9.17) is 27.9 Å². The van der Waals surface area contributed by atoms with Crippen molar-refractivity contribution in [3.63, 3.8) is 0 Å². The van der Waals surface area contributed by atoms with Crippen LogP contribution in [0.2, 0.25) is 10.0 Å². The normalized spacial score (nSPS) is 10.8. The number of hydrogen-bond donors (Lipinski definition) is 1. The number of hydrogen-bond acceptors (Lipinski definition) is 5. The van der Waals surface area contributed by atoms with Crippen molar-refractivity contribution in [1.29, 1.82) is 0 Å². The minimum absolute atomic E-state index is 0.116. The second kappa shape index (κ2) is 10.3. The molecule has 0 aliphatic rings. The molecule has 0 saturated carbocycles. The van der Waals surface area contributed by atoms with Gasteiger partial charge in [-0.05, 0) is 49.4 Å². The molecule has 0 aliphatic heterocycles. The molecule has 1 N–H and O–H groups in total. The Morgan fingerprint density at radius 1 is 1.03 bits per heavy atom. The van der Waals surface area contributed by atoms with Crippen molar-refractivity contribution in [3.05, 3.63) is 82.3 Å². The molecule has 0 radical (unpaired) electrons. The third kappa shape index (κ3) is 5.50. The van der Waals surface area contributed by atoms with E-state index in [-0.39, 0.29) is 11.7 Å². The van der Waals surface area contributed by atoms with Crippen LogP contribution in [0.5, 0.6) is 5.75 Å². The van der Waals surface area contributed by atoms with Crippen LogP contribution in [0.25, 0.3) is 17.1 Å². The molecule has 0 saturated heterocycles. The first kappa shape index (κ1) is 23.2. The molecular weight excluding hydrogens is 479 g/mol. The second-order valence-electron chi connectivity index (χ2n) is 7.17. The number of anilines is 1. The lowest BCUT2D eigenvalue weighted by atomic mass is 10.1. The van der Waals surface area contributed by atoms with Gasteiger partial charge in [0.1, 0.15) is 5.75 Å². The molecule has 0 atom stereocenters. The van der Waals surface area contributed by atoms with Crippen LogP contribution in [0.3, 0.4) is 0 Å². The van der Waals surface area contributed by atoms with Crippen LogP contribution < -0.4 is 10.1 Å². The van der Waals surface area contributed by atoms with Crippen LogP contribution >= 0.6 is 35.0 Å². The van der Waals surface area contributed by atoms with E-state index in [9.17, 15) is 4.79 Å². The zero-order valence-corrected chi connectivity index (χ0v) is 20.2. The summed E-state index contributed by atoms with van der Waals surface area (Å²) in [4.78, 5) is 12.6. The number of nitrogens with one attached hydrogen (secondary N) is 1. The van der Waals surface area contributed by atoms with Gasteiger partial charge in [0.2, 0.25) is 5.91 Å². The Kier molecular flexibility index (Phi) is 7.23. The van der Waals surface area contributed by atoms with Gasteiger partial charge in [0, 0.05) is 16.3 Å². The van der Waals surface area contributed by atoms with E-state index >= 15 is 0 Å². The number of aromatic nitrogens is 3. The molecule has 4 aromatic rings. The number of aryl methyl sites for hydroxylation is 1. The number of halogens is 2. The molecule has 0 aliphatic carbocycles. The van der Waals surface area contributed by atoms with Gasteiger partial charge >= 0.3 is 0 Å². The number of thioether (sulfide) groups is 1. The Hall–Kier alpha value is -3.00. The number of carbonyl (C=O) groups excluding carboxylic acids is 1. The SMILES string of the molecule is COc1ccc(-n2c(SCC(=O)Nc3cc(Cl)ccc3Cl)nnc2-c2ccc(C)cc2)cc1. The van der Waals surface area contributed by atoms with Crippen molar-refractivity contribution in [1.82, 2.24) is 14.8 Å². The van der Waals surface area contributed by atoms with Crippen LogP contribution in [0, 0.1) is 6.92 Å². The molecule has 0 unspecified atom stereocenters. The summed E-state index contributed by atoms with van der Waals surface area (Å²) in [7, 11) is 1.62. The zero-order valence-electron chi connectivity index (χ0n) is 17.9. The maximum absolute atomic E-state index is 12.6. The molecule has 1 aromatic heterocycles. The number of amides is 1. The smallest absolute Gasteiger partial charge is 0.234 e. The largest absolute Gasteiger partial charge is 0.497 e. The van der Waals surface area contributed by atoms with Gasteiger partial charge in [-0.2, -0.15) is 0 Å². The topological polar surface area (TPSA) is 69.0 Å². The Morgan fingerprint density at radius 3 is 2.45 bits per heavy atom. The fourth-order valence-corrected chi connectivity index (χ4v) is 4.22. The highest BCUT2D eigenvalue weighted by Crippen LogP contribution is 2.30. The second-order valence-corrected chi connectivity index (χ2v) is 8.95. The molecule has 6 nitrogen and oxygen atoms in total. The van der Waals surface area contributed by atoms with E-state index in [2.05, 4.69) is 15.5 Å². The molecule has 1 amide bonds. The predicted octanol–water partition coefficient (Wildman–Crippen LogP) is 6.29. The summed E-state index contributed by atoms with van der Waals surface area (Å²) in [5.41, 5.74) is 3.40. The quantitative estimate of drug-likeness (QED) is 0.303. The molecule has 4 rings (SSSR count). The van der Waals surface area contributed by atoms with Gasteiger partial charge in [0.25, 0.3) is 0 Å². The van der Waals surface area contributed by atoms with Gasteiger partial charge in [-0.25, -0.2) is 0 Å². The summed E-state index contributed by atoms with van der Waals surface area (Å²) < 4.78 is 7.20. The van der Waals surface area contributed by atoms with Gasteiger partial charge < -0.3 is 10.1 Å². The lowest BCUT2D eigenvalue weighted by molar-refractivity contribution is -0.113. The Labute approximate surface area is 205 Å². The van der Waals surface area contributed by atoms with E-state index < -0.39 is 0 Å². The lowest BCUT2D eigenvalue weighted by Gasteiger charge is -2.12. The molecule has 168 valence electrons. The van der Waals surface area contributed by atoms with Crippen LogP contribution in [-0.4, -0.2) is 33.5 Å². The maximum atomic E-state index is 12.6. The number of carbonyl (C=O) groups is 1. The van der Waals surface area contributed by atoms with Gasteiger partial charge in [-0.1, -0.05) is 64.8 Å². The van der Waals surface area contributed by atoms with E-state index in [0.29, 0.717) is 26.7 Å². The average molecular weight is 499 g/mol. The van der Waals surface area contributed by atoms with E-state index in [1.807, 2.05) is 60.0 Å². The fourth-order valence-electron chi connectivity index (χ4n) is 3.13. The van der Waals surface area contributed by atoms with E-state index in [0.717, 1.165) is 22.6 Å². The molecular formula is C24H20Cl2N4O2S. The van der Waals surface area contributed by atoms with Crippen molar-refractivity contribution >= 4 is 46.6 Å². The van der Waals surface area contributed by atoms with Gasteiger partial charge in [-0.3, -0.25) is 9.36 Å². The standard InChI is InChI=1S/C24H20Cl2N4O2S/c1-15-3-5-16(6-4-15)23-28-29-24(30(23)18-8-10-19(32-2)11-9-18)33-14-22(31)27-21-13-17(25)7-12-20(21)26/h3-13H,14H2,1-2H3,(H,27,31). The first-order valence-corrected chi connectivity index (χ1v) is 11.7. The van der Waals surface area contributed by atoms with Gasteiger partial charge in [0.05, 0.1) is 23.6 Å². The minimum Gasteiger partial charge on any atom is -0.497 e. The lowest BCUT2D eigenvalue weighted by Crippen LogP contribution is -2.15. The molecule has 0 bridgehead atoms. The van der Waals surface area contributed by atoms with Crippen molar-refractivity contribution in [3.8, 4) is 22.8 Å². The summed E-state index contributed by atoms with van der Waals surface area (Å²) in [5, 5.41) is 13.1. The highest BCUT2D eigenvalue weighted by molar-refractivity contribution is 7.99. The number of rotatable bonds is 7. The van der Waals surface area contributed by atoms with E-state index in [1.54, 1.807) is 25.3 Å². The van der Waals surface area contributed by atoms with Crippen molar-refractivity contribution in [2.75, 3.05) is 18.2 Å². The third-order valence-corrected chi connectivity index (χ3v) is 6.30. The van der Waals surface area contributed by atoms with Crippen molar-refractivity contribution in [2.24, 2.45) is 0 Å². The third-order valence-electron chi connectivity index (χ3n) is 4.81. The maximum Gasteiger partial charge on any atom is 0.234 e. The van der Waals surface area contributed by atoms with Crippen LogP contribution in [-0.2, 0) is 4.79 Å². The summed E-state index contributed by atoms with van der Waals surface area (Å²) in [5.74, 6) is 1.31. The zero-order chi connectivity index (χ0) is 23.4. The van der Waals surface area contributed by atoms with Crippen LogP contribution in [0.1, 0.15) is 5.56 Å². The molecule has 3 aromatic carbocycles. The van der Waals surface area contributed by atoms with Crippen LogP contribution in [0.4, 0.5) is 5.69 Å². The fraction of sp³-hybridized carbons (Fsp3) is 0.125. The molecule has 9 heteroatoms. The average Bonchev–Trinajstić information content (AvgIpc) is 3.24. The molecule has 1 heterocycles. The summed E-state index contributed by atoms with van der Waals surface area (Å²) in [6, 6.07) is 20.6. The number of ether oxygens (including phenoxy) is 1. The predicted molar refractivity (Wildman–Crippen MR) is 134 cm³/mol. The number of benzene rings is 3.